The van der Waals surface area contributed by atoms with E-state index in [1.165, 1.54) is 6.20 Å². The smallest absolute Gasteiger partial charge is 0.358 e. The number of carbonyl (C=O) groups is 1. The molecule has 5 nitrogen and oxygen atoms in total. The number of ether oxygens (including phenoxy) is 2. The lowest BCUT2D eigenvalue weighted by Crippen LogP contribution is -2.02. The Morgan fingerprint density at radius 2 is 1.90 bits per heavy atom. The lowest BCUT2D eigenvalue weighted by atomic mass is 10.3. The SMILES string of the molecule is CCCOc1ccc(Oc2cccnc2C(=O)O)cc1. The van der Waals surface area contributed by atoms with Crippen LogP contribution in [0.25, 0.3) is 0 Å². The molecule has 0 spiro atoms. The Kier molecular flexibility index (Phi) is 4.55. The Bertz CT molecular complexity index is 581. The molecule has 1 heterocycles. The largest absolute Gasteiger partial charge is 0.494 e. The van der Waals surface area contributed by atoms with Crippen molar-refractivity contribution in [2.24, 2.45) is 0 Å². The molecule has 104 valence electrons. The van der Waals surface area contributed by atoms with Gasteiger partial charge in [-0.2, -0.15) is 0 Å². The lowest BCUT2D eigenvalue weighted by molar-refractivity contribution is 0.0687. The molecule has 0 unspecified atom stereocenters. The Labute approximate surface area is 116 Å². The van der Waals surface area contributed by atoms with Crippen LogP contribution in [0.1, 0.15) is 23.8 Å². The van der Waals surface area contributed by atoms with Gasteiger partial charge in [-0.1, -0.05) is 6.92 Å². The van der Waals surface area contributed by atoms with E-state index in [-0.39, 0.29) is 11.4 Å². The topological polar surface area (TPSA) is 68.7 Å². The molecule has 1 aromatic carbocycles. The zero-order valence-corrected chi connectivity index (χ0v) is 11.1. The minimum Gasteiger partial charge on any atom is -0.494 e. The van der Waals surface area contributed by atoms with Crippen LogP contribution in [-0.2, 0) is 0 Å². The van der Waals surface area contributed by atoms with Crippen LogP contribution in [0.2, 0.25) is 0 Å². The number of carboxylic acid groups (broad SMARTS) is 1. The molecule has 0 aliphatic rings. The third kappa shape index (κ3) is 3.47. The molecular formula is C15H15NO4. The second kappa shape index (κ2) is 6.56. The zero-order valence-electron chi connectivity index (χ0n) is 11.1. The Morgan fingerprint density at radius 3 is 2.55 bits per heavy atom. The van der Waals surface area contributed by atoms with E-state index in [0.29, 0.717) is 12.4 Å². The number of carboxylic acids is 1. The van der Waals surface area contributed by atoms with E-state index < -0.39 is 5.97 Å². The highest BCUT2D eigenvalue weighted by atomic mass is 16.5. The number of hydrogen-bond donors (Lipinski definition) is 1. The maximum Gasteiger partial charge on any atom is 0.358 e. The number of aromatic nitrogens is 1. The first-order chi connectivity index (χ1) is 9.70. The standard InChI is InChI=1S/C15H15NO4/c1-2-10-19-11-5-7-12(8-6-11)20-13-4-3-9-16-14(13)15(17)18/h3-9H,2,10H2,1H3,(H,17,18). The Morgan fingerprint density at radius 1 is 1.20 bits per heavy atom. The predicted molar refractivity (Wildman–Crippen MR) is 73.5 cm³/mol. The van der Waals surface area contributed by atoms with Crippen LogP contribution in [0, 0.1) is 0 Å². The average molecular weight is 273 g/mol. The van der Waals surface area contributed by atoms with E-state index in [1.54, 1.807) is 36.4 Å². The van der Waals surface area contributed by atoms with Gasteiger partial charge in [-0.05, 0) is 42.8 Å². The van der Waals surface area contributed by atoms with Gasteiger partial charge in [0.15, 0.2) is 11.4 Å². The third-order valence-electron chi connectivity index (χ3n) is 2.50. The van der Waals surface area contributed by atoms with Crippen molar-refractivity contribution < 1.29 is 19.4 Å². The molecule has 0 amide bonds. The van der Waals surface area contributed by atoms with Gasteiger partial charge < -0.3 is 14.6 Å². The molecule has 0 aliphatic heterocycles. The summed E-state index contributed by atoms with van der Waals surface area (Å²) in [5.41, 5.74) is -0.112. The second-order valence-corrected chi connectivity index (χ2v) is 4.08. The summed E-state index contributed by atoms with van der Waals surface area (Å²) in [5, 5.41) is 9.02. The molecule has 0 saturated carbocycles. The molecule has 1 aromatic heterocycles. The molecule has 0 atom stereocenters. The minimum absolute atomic E-state index is 0.112. The first-order valence-electron chi connectivity index (χ1n) is 6.29. The molecule has 0 fully saturated rings. The first-order valence-corrected chi connectivity index (χ1v) is 6.29. The van der Waals surface area contributed by atoms with Crippen molar-refractivity contribution in [1.29, 1.82) is 0 Å². The maximum absolute atomic E-state index is 11.0. The van der Waals surface area contributed by atoms with Crippen molar-refractivity contribution in [3.8, 4) is 17.2 Å². The predicted octanol–water partition coefficient (Wildman–Crippen LogP) is 3.36. The van der Waals surface area contributed by atoms with Crippen molar-refractivity contribution in [1.82, 2.24) is 4.98 Å². The van der Waals surface area contributed by atoms with Crippen molar-refractivity contribution in [2.75, 3.05) is 6.61 Å². The summed E-state index contributed by atoms with van der Waals surface area (Å²) in [6.07, 6.45) is 2.36. The monoisotopic (exact) mass is 273 g/mol. The van der Waals surface area contributed by atoms with Crippen LogP contribution in [0.4, 0.5) is 0 Å². The number of aromatic carboxylic acids is 1. The molecule has 0 bridgehead atoms. The molecule has 2 rings (SSSR count). The van der Waals surface area contributed by atoms with Crippen LogP contribution in [0.3, 0.4) is 0 Å². The number of hydrogen-bond acceptors (Lipinski definition) is 4. The summed E-state index contributed by atoms with van der Waals surface area (Å²) in [7, 11) is 0. The second-order valence-electron chi connectivity index (χ2n) is 4.08. The summed E-state index contributed by atoms with van der Waals surface area (Å²) in [5.74, 6) is 0.374. The van der Waals surface area contributed by atoms with E-state index in [1.807, 2.05) is 6.92 Å². The highest BCUT2D eigenvalue weighted by molar-refractivity contribution is 5.88. The van der Waals surface area contributed by atoms with Gasteiger partial charge in [-0.25, -0.2) is 9.78 Å². The molecule has 0 radical (unpaired) electrons. The molecule has 5 heteroatoms. The van der Waals surface area contributed by atoms with E-state index in [9.17, 15) is 4.79 Å². The molecule has 1 N–H and O–H groups in total. The number of pyridine rings is 1. The first kappa shape index (κ1) is 13.9. The van der Waals surface area contributed by atoms with Crippen molar-refractivity contribution >= 4 is 5.97 Å². The van der Waals surface area contributed by atoms with Crippen LogP contribution in [0.5, 0.6) is 17.2 Å². The Hall–Kier alpha value is -2.56. The third-order valence-corrected chi connectivity index (χ3v) is 2.50. The summed E-state index contributed by atoms with van der Waals surface area (Å²) in [6.45, 7) is 2.69. The quantitative estimate of drug-likeness (QED) is 0.874. The van der Waals surface area contributed by atoms with Gasteiger partial charge in [0.2, 0.25) is 0 Å². The summed E-state index contributed by atoms with van der Waals surface area (Å²) < 4.78 is 11.0. The fraction of sp³-hybridized carbons (Fsp3) is 0.200. The number of benzene rings is 1. The van der Waals surface area contributed by atoms with Gasteiger partial charge in [0.05, 0.1) is 6.61 Å². The van der Waals surface area contributed by atoms with Crippen LogP contribution < -0.4 is 9.47 Å². The van der Waals surface area contributed by atoms with Gasteiger partial charge in [0, 0.05) is 6.20 Å². The van der Waals surface area contributed by atoms with Crippen molar-refractivity contribution in [3.05, 3.63) is 48.3 Å². The van der Waals surface area contributed by atoms with E-state index in [4.69, 9.17) is 14.6 Å². The van der Waals surface area contributed by atoms with E-state index in [0.717, 1.165) is 12.2 Å². The Balaban J connectivity index is 2.12. The number of nitrogens with zero attached hydrogens (tertiary/aromatic N) is 1. The summed E-state index contributed by atoms with van der Waals surface area (Å²) in [4.78, 5) is 14.8. The summed E-state index contributed by atoms with van der Waals surface area (Å²) >= 11 is 0. The van der Waals surface area contributed by atoms with Gasteiger partial charge in [0.1, 0.15) is 11.5 Å². The van der Waals surface area contributed by atoms with Crippen LogP contribution in [0.15, 0.2) is 42.6 Å². The molecule has 0 aliphatic carbocycles. The lowest BCUT2D eigenvalue weighted by Gasteiger charge is -2.09. The zero-order chi connectivity index (χ0) is 14.4. The van der Waals surface area contributed by atoms with Gasteiger partial charge in [-0.3, -0.25) is 0 Å². The van der Waals surface area contributed by atoms with Gasteiger partial charge in [0.25, 0.3) is 0 Å². The van der Waals surface area contributed by atoms with Crippen molar-refractivity contribution in [2.45, 2.75) is 13.3 Å². The summed E-state index contributed by atoms with van der Waals surface area (Å²) in [6, 6.07) is 10.2. The fourth-order valence-corrected chi connectivity index (χ4v) is 1.58. The van der Waals surface area contributed by atoms with Gasteiger partial charge in [-0.15, -0.1) is 0 Å². The molecule has 0 saturated heterocycles. The molecule has 2 aromatic rings. The minimum atomic E-state index is -1.12. The van der Waals surface area contributed by atoms with Crippen molar-refractivity contribution in [3.63, 3.8) is 0 Å². The highest BCUT2D eigenvalue weighted by Gasteiger charge is 2.12. The highest BCUT2D eigenvalue weighted by Crippen LogP contribution is 2.25. The maximum atomic E-state index is 11.0. The molecule has 20 heavy (non-hydrogen) atoms. The van der Waals surface area contributed by atoms with Crippen LogP contribution >= 0.6 is 0 Å². The molecular weight excluding hydrogens is 258 g/mol. The van der Waals surface area contributed by atoms with Crippen LogP contribution in [-0.4, -0.2) is 22.7 Å². The van der Waals surface area contributed by atoms with E-state index in [2.05, 4.69) is 4.98 Å². The van der Waals surface area contributed by atoms with Gasteiger partial charge >= 0.3 is 5.97 Å². The van der Waals surface area contributed by atoms with E-state index >= 15 is 0 Å². The fourth-order valence-electron chi connectivity index (χ4n) is 1.58. The average Bonchev–Trinajstić information content (AvgIpc) is 2.47. The number of rotatable bonds is 6. The normalized spacial score (nSPS) is 10.1.